The van der Waals surface area contributed by atoms with E-state index in [0.717, 1.165) is 44.7 Å². The summed E-state index contributed by atoms with van der Waals surface area (Å²) in [4.78, 5) is 2.33. The van der Waals surface area contributed by atoms with Gasteiger partial charge < -0.3 is 14.4 Å². The van der Waals surface area contributed by atoms with Gasteiger partial charge in [0.15, 0.2) is 5.90 Å². The summed E-state index contributed by atoms with van der Waals surface area (Å²) in [7, 11) is 0. The third-order valence-electron chi connectivity index (χ3n) is 3.89. The lowest BCUT2D eigenvalue weighted by atomic mass is 9.93. The Labute approximate surface area is 137 Å². The highest BCUT2D eigenvalue weighted by atomic mass is 35.5. The highest BCUT2D eigenvalue weighted by molar-refractivity contribution is 6.17. The highest BCUT2D eigenvalue weighted by Gasteiger charge is 2.20. The molecule has 2 rings (SSSR count). The largest absolute Gasteiger partial charge is 0.481 e. The van der Waals surface area contributed by atoms with E-state index >= 15 is 0 Å². The fourth-order valence-corrected chi connectivity index (χ4v) is 2.90. The second kappa shape index (κ2) is 9.01. The van der Waals surface area contributed by atoms with Gasteiger partial charge in [-0.2, -0.15) is 0 Å². The van der Waals surface area contributed by atoms with E-state index in [1.165, 1.54) is 5.69 Å². The lowest BCUT2D eigenvalue weighted by molar-refractivity contribution is 0.122. The van der Waals surface area contributed by atoms with E-state index in [4.69, 9.17) is 26.5 Å². The number of anilines is 1. The second-order valence-electron chi connectivity index (χ2n) is 5.38. The molecule has 1 aromatic carbocycles. The number of halogens is 1. The van der Waals surface area contributed by atoms with Gasteiger partial charge in [-0.1, -0.05) is 12.1 Å². The van der Waals surface area contributed by atoms with Crippen molar-refractivity contribution in [1.82, 2.24) is 0 Å². The minimum Gasteiger partial charge on any atom is -0.481 e. The lowest BCUT2D eigenvalue weighted by Gasteiger charge is -2.29. The lowest BCUT2D eigenvalue weighted by Crippen LogP contribution is -2.36. The molecule has 1 N–H and O–H groups in total. The van der Waals surface area contributed by atoms with E-state index in [1.54, 1.807) is 0 Å². The molecule has 1 unspecified atom stereocenters. The second-order valence-corrected chi connectivity index (χ2v) is 5.75. The molecule has 1 atom stereocenters. The average Bonchev–Trinajstić information content (AvgIpc) is 2.57. The van der Waals surface area contributed by atoms with Crippen LogP contribution in [0.15, 0.2) is 24.3 Å². The Hall–Kier alpha value is -1.26. The van der Waals surface area contributed by atoms with Crippen LogP contribution in [-0.2, 0) is 9.47 Å². The van der Waals surface area contributed by atoms with E-state index in [1.807, 2.05) is 6.92 Å². The molecule has 0 spiro atoms. The van der Waals surface area contributed by atoms with Crippen molar-refractivity contribution in [3.63, 3.8) is 0 Å². The molecular weight excluding hydrogens is 300 g/mol. The number of alkyl halides is 1. The fraction of sp³-hybridized carbons (Fsp3) is 0.588. The van der Waals surface area contributed by atoms with E-state index in [9.17, 15) is 0 Å². The Bertz CT molecular complexity index is 475. The topological polar surface area (TPSA) is 45.5 Å². The number of ether oxygens (including phenoxy) is 2. The summed E-state index contributed by atoms with van der Waals surface area (Å²) >= 11 is 5.83. The number of morpholine rings is 1. The molecule has 1 fully saturated rings. The van der Waals surface area contributed by atoms with Crippen molar-refractivity contribution in [1.29, 1.82) is 5.41 Å². The molecule has 0 bridgehead atoms. The SMILES string of the molecule is CCOC(=N)C(CCCCl)c1cccc(N2CCOCC2)c1. The van der Waals surface area contributed by atoms with Gasteiger partial charge in [0.05, 0.1) is 25.7 Å². The number of benzene rings is 1. The summed E-state index contributed by atoms with van der Waals surface area (Å²) in [5.74, 6) is 0.936. The zero-order valence-electron chi connectivity index (χ0n) is 13.2. The number of hydrogen-bond donors (Lipinski definition) is 1. The molecule has 122 valence electrons. The van der Waals surface area contributed by atoms with Crippen molar-refractivity contribution in [2.75, 3.05) is 43.7 Å². The molecule has 1 aliphatic heterocycles. The van der Waals surface area contributed by atoms with Crippen molar-refractivity contribution in [2.45, 2.75) is 25.7 Å². The normalized spacial score (nSPS) is 16.4. The molecule has 0 aromatic heterocycles. The quantitative estimate of drug-likeness (QED) is 0.473. The van der Waals surface area contributed by atoms with Crippen molar-refractivity contribution in [2.24, 2.45) is 0 Å². The molecule has 1 heterocycles. The number of hydrogen-bond acceptors (Lipinski definition) is 4. The first kappa shape index (κ1) is 17.1. The van der Waals surface area contributed by atoms with Crippen LogP contribution < -0.4 is 4.90 Å². The highest BCUT2D eigenvalue weighted by Crippen LogP contribution is 2.27. The number of nitrogens with zero attached hydrogens (tertiary/aromatic N) is 1. The van der Waals surface area contributed by atoms with Crippen LogP contribution in [0.4, 0.5) is 5.69 Å². The summed E-state index contributed by atoms with van der Waals surface area (Å²) in [5, 5.41) is 8.18. The fourth-order valence-electron chi connectivity index (χ4n) is 2.75. The van der Waals surface area contributed by atoms with Gasteiger partial charge in [0.1, 0.15) is 0 Å². The molecule has 22 heavy (non-hydrogen) atoms. The van der Waals surface area contributed by atoms with Gasteiger partial charge in [0, 0.05) is 24.7 Å². The number of nitrogens with one attached hydrogen (secondary N) is 1. The summed E-state index contributed by atoms with van der Waals surface area (Å²) in [6.45, 7) is 5.82. The summed E-state index contributed by atoms with van der Waals surface area (Å²) < 4.78 is 10.9. The van der Waals surface area contributed by atoms with Crippen molar-refractivity contribution >= 4 is 23.2 Å². The Kier molecular flexibility index (Phi) is 7.00. The molecule has 0 saturated carbocycles. The first-order valence-corrected chi connectivity index (χ1v) is 8.49. The molecule has 1 aromatic rings. The standard InChI is InChI=1S/C17H25ClN2O2/c1-2-22-17(19)16(7-4-8-18)14-5-3-6-15(13-14)20-9-11-21-12-10-20/h3,5-6,13,16,19H,2,4,7-12H2,1H3. The van der Waals surface area contributed by atoms with E-state index in [-0.39, 0.29) is 5.92 Å². The van der Waals surface area contributed by atoms with Gasteiger partial charge in [-0.3, -0.25) is 5.41 Å². The van der Waals surface area contributed by atoms with Gasteiger partial charge in [0.25, 0.3) is 0 Å². The minimum atomic E-state index is -0.0142. The summed E-state index contributed by atoms with van der Waals surface area (Å²) in [6.07, 6.45) is 1.72. The van der Waals surface area contributed by atoms with E-state index < -0.39 is 0 Å². The van der Waals surface area contributed by atoms with Crippen LogP contribution >= 0.6 is 11.6 Å². The van der Waals surface area contributed by atoms with Crippen LogP contribution in [0.1, 0.15) is 31.2 Å². The van der Waals surface area contributed by atoms with Crippen LogP contribution in [0.3, 0.4) is 0 Å². The van der Waals surface area contributed by atoms with Crippen molar-refractivity contribution in [3.8, 4) is 0 Å². The smallest absolute Gasteiger partial charge is 0.188 e. The van der Waals surface area contributed by atoms with Gasteiger partial charge in [-0.15, -0.1) is 11.6 Å². The van der Waals surface area contributed by atoms with E-state index in [0.29, 0.717) is 18.4 Å². The third-order valence-corrected chi connectivity index (χ3v) is 4.16. The molecule has 5 heteroatoms. The molecule has 0 aliphatic carbocycles. The van der Waals surface area contributed by atoms with E-state index in [2.05, 4.69) is 29.2 Å². The zero-order chi connectivity index (χ0) is 15.8. The maximum Gasteiger partial charge on any atom is 0.188 e. The van der Waals surface area contributed by atoms with Crippen LogP contribution in [0, 0.1) is 5.41 Å². The Morgan fingerprint density at radius 1 is 1.41 bits per heavy atom. The Balaban J connectivity index is 2.17. The summed E-state index contributed by atoms with van der Waals surface area (Å²) in [5.41, 5.74) is 2.33. The molecule has 0 radical (unpaired) electrons. The Morgan fingerprint density at radius 2 is 2.18 bits per heavy atom. The molecule has 0 amide bonds. The molecule has 4 nitrogen and oxygen atoms in total. The monoisotopic (exact) mass is 324 g/mol. The predicted octanol–water partition coefficient (Wildman–Crippen LogP) is 3.64. The Morgan fingerprint density at radius 3 is 2.86 bits per heavy atom. The first-order valence-electron chi connectivity index (χ1n) is 7.96. The summed E-state index contributed by atoms with van der Waals surface area (Å²) in [6, 6.07) is 8.44. The molecular formula is C17H25ClN2O2. The maximum atomic E-state index is 8.18. The van der Waals surface area contributed by atoms with Gasteiger partial charge in [-0.25, -0.2) is 0 Å². The van der Waals surface area contributed by atoms with Crippen LogP contribution in [0.2, 0.25) is 0 Å². The first-order chi connectivity index (χ1) is 10.8. The maximum absolute atomic E-state index is 8.18. The van der Waals surface area contributed by atoms with Crippen LogP contribution in [0.25, 0.3) is 0 Å². The minimum absolute atomic E-state index is 0.0142. The van der Waals surface area contributed by atoms with Gasteiger partial charge >= 0.3 is 0 Å². The average molecular weight is 325 g/mol. The predicted molar refractivity (Wildman–Crippen MR) is 91.5 cm³/mol. The van der Waals surface area contributed by atoms with Crippen molar-refractivity contribution in [3.05, 3.63) is 29.8 Å². The number of rotatable bonds is 7. The third kappa shape index (κ3) is 4.62. The van der Waals surface area contributed by atoms with Crippen LogP contribution in [-0.4, -0.2) is 44.7 Å². The zero-order valence-corrected chi connectivity index (χ0v) is 13.9. The molecule has 1 saturated heterocycles. The van der Waals surface area contributed by atoms with Crippen molar-refractivity contribution < 1.29 is 9.47 Å². The van der Waals surface area contributed by atoms with Gasteiger partial charge in [-0.05, 0) is 37.5 Å². The molecule has 1 aliphatic rings. The van der Waals surface area contributed by atoms with Crippen LogP contribution in [0.5, 0.6) is 0 Å². The van der Waals surface area contributed by atoms with Gasteiger partial charge in [0.2, 0.25) is 0 Å².